The number of hydrogen-bond acceptors (Lipinski definition) is 4. The van der Waals surface area contributed by atoms with Gasteiger partial charge in [-0.05, 0) is 62.6 Å². The van der Waals surface area contributed by atoms with E-state index in [4.69, 9.17) is 4.74 Å². The van der Waals surface area contributed by atoms with E-state index in [0.29, 0.717) is 17.5 Å². The van der Waals surface area contributed by atoms with Crippen LogP contribution in [0.1, 0.15) is 35.2 Å². The summed E-state index contributed by atoms with van der Waals surface area (Å²) in [6.45, 7) is 1.92. The summed E-state index contributed by atoms with van der Waals surface area (Å²) in [5.74, 6) is 1.13. The molecular weight excluding hydrogens is 328 g/mol. The number of nitrogens with zero attached hydrogens (tertiary/aromatic N) is 2. The van der Waals surface area contributed by atoms with Crippen LogP contribution in [-0.4, -0.2) is 27.2 Å². The minimum absolute atomic E-state index is 0.198. The van der Waals surface area contributed by atoms with Gasteiger partial charge in [0.05, 0.1) is 11.8 Å². The van der Waals surface area contributed by atoms with Crippen molar-refractivity contribution in [3.05, 3.63) is 59.9 Å². The van der Waals surface area contributed by atoms with E-state index in [-0.39, 0.29) is 5.91 Å². The van der Waals surface area contributed by atoms with Gasteiger partial charge in [0, 0.05) is 29.1 Å². The Balaban J connectivity index is 1.45. The van der Waals surface area contributed by atoms with Crippen LogP contribution in [0.2, 0.25) is 0 Å². The highest BCUT2D eigenvalue weighted by molar-refractivity contribution is 6.04. The highest BCUT2D eigenvalue weighted by Crippen LogP contribution is 2.27. The number of amides is 1. The Labute approximate surface area is 151 Å². The van der Waals surface area contributed by atoms with Crippen LogP contribution in [0, 0.1) is 6.92 Å². The molecule has 1 aromatic carbocycles. The van der Waals surface area contributed by atoms with E-state index in [1.807, 2.05) is 31.2 Å². The molecule has 2 heterocycles. The number of aromatic nitrogens is 3. The smallest absolute Gasteiger partial charge is 0.256 e. The molecule has 0 radical (unpaired) electrons. The van der Waals surface area contributed by atoms with E-state index in [9.17, 15) is 4.79 Å². The summed E-state index contributed by atoms with van der Waals surface area (Å²) >= 11 is 0. The number of carbonyl (C=O) groups excluding carboxylic acids is 1. The van der Waals surface area contributed by atoms with Crippen LogP contribution >= 0.6 is 0 Å². The number of rotatable bonds is 5. The number of pyridine rings is 1. The zero-order valence-corrected chi connectivity index (χ0v) is 14.5. The van der Waals surface area contributed by atoms with Gasteiger partial charge in [-0.3, -0.25) is 14.9 Å². The first kappa shape index (κ1) is 16.3. The summed E-state index contributed by atoms with van der Waals surface area (Å²) in [6.07, 6.45) is 7.23. The molecule has 0 aliphatic heterocycles. The molecule has 2 N–H and O–H groups in total. The maximum Gasteiger partial charge on any atom is 0.256 e. The molecule has 1 saturated carbocycles. The first-order valence-electron chi connectivity index (χ1n) is 8.74. The van der Waals surface area contributed by atoms with Crippen molar-refractivity contribution in [2.75, 3.05) is 5.32 Å². The molecule has 0 saturated heterocycles. The summed E-state index contributed by atoms with van der Waals surface area (Å²) in [4.78, 5) is 16.5. The van der Waals surface area contributed by atoms with Gasteiger partial charge in [0.2, 0.25) is 0 Å². The number of nitrogens with one attached hydrogen (secondary N) is 2. The molecule has 1 aliphatic rings. The molecule has 4 rings (SSSR count). The Bertz CT molecular complexity index is 899. The Morgan fingerprint density at radius 2 is 1.88 bits per heavy atom. The van der Waals surface area contributed by atoms with Crippen molar-refractivity contribution in [3.8, 4) is 17.0 Å². The molecule has 0 atom stereocenters. The minimum Gasteiger partial charge on any atom is -0.490 e. The second kappa shape index (κ2) is 7.00. The summed E-state index contributed by atoms with van der Waals surface area (Å²) in [7, 11) is 0. The van der Waals surface area contributed by atoms with Gasteiger partial charge in [-0.1, -0.05) is 0 Å². The standard InChI is InChI=1S/C20H20N4O2/c1-13-18(14-9-11-21-12-10-14)23-24-19(13)22-20(25)15-5-7-17(8-6-15)26-16-3-2-4-16/h5-12,16H,2-4H2,1H3,(H2,22,23,24,25). The molecule has 26 heavy (non-hydrogen) atoms. The van der Waals surface area contributed by atoms with Crippen molar-refractivity contribution in [1.29, 1.82) is 0 Å². The van der Waals surface area contributed by atoms with Gasteiger partial charge >= 0.3 is 0 Å². The van der Waals surface area contributed by atoms with Gasteiger partial charge in [0.1, 0.15) is 5.75 Å². The van der Waals surface area contributed by atoms with Crippen LogP contribution in [0.5, 0.6) is 5.75 Å². The van der Waals surface area contributed by atoms with Crippen molar-refractivity contribution in [2.45, 2.75) is 32.3 Å². The van der Waals surface area contributed by atoms with Crippen LogP contribution in [-0.2, 0) is 0 Å². The number of carbonyl (C=O) groups is 1. The first-order chi connectivity index (χ1) is 12.7. The molecule has 2 aromatic heterocycles. The lowest BCUT2D eigenvalue weighted by molar-refractivity contribution is 0.102. The molecule has 1 amide bonds. The molecule has 3 aromatic rings. The van der Waals surface area contributed by atoms with Crippen molar-refractivity contribution in [3.63, 3.8) is 0 Å². The average molecular weight is 348 g/mol. The predicted molar refractivity (Wildman–Crippen MR) is 99.2 cm³/mol. The van der Waals surface area contributed by atoms with Crippen molar-refractivity contribution < 1.29 is 9.53 Å². The Hall–Kier alpha value is -3.15. The Kier molecular flexibility index (Phi) is 4.39. The third-order valence-corrected chi connectivity index (χ3v) is 4.68. The normalized spacial score (nSPS) is 13.9. The highest BCUT2D eigenvalue weighted by atomic mass is 16.5. The Morgan fingerprint density at radius 1 is 1.15 bits per heavy atom. The fourth-order valence-corrected chi connectivity index (χ4v) is 2.86. The van der Waals surface area contributed by atoms with Crippen LogP contribution in [0.3, 0.4) is 0 Å². The van der Waals surface area contributed by atoms with Crippen molar-refractivity contribution in [1.82, 2.24) is 15.2 Å². The minimum atomic E-state index is -0.198. The van der Waals surface area contributed by atoms with E-state index in [1.165, 1.54) is 6.42 Å². The molecule has 1 aliphatic carbocycles. The first-order valence-corrected chi connectivity index (χ1v) is 8.74. The van der Waals surface area contributed by atoms with Crippen molar-refractivity contribution in [2.24, 2.45) is 0 Å². The number of aromatic amines is 1. The zero-order chi connectivity index (χ0) is 17.9. The number of benzene rings is 1. The largest absolute Gasteiger partial charge is 0.490 e. The predicted octanol–water partition coefficient (Wildman–Crippen LogP) is 3.96. The maximum absolute atomic E-state index is 12.5. The van der Waals surface area contributed by atoms with E-state index in [2.05, 4.69) is 20.5 Å². The number of ether oxygens (including phenoxy) is 1. The van der Waals surface area contributed by atoms with E-state index < -0.39 is 0 Å². The summed E-state index contributed by atoms with van der Waals surface area (Å²) in [6, 6.07) is 11.0. The topological polar surface area (TPSA) is 79.9 Å². The van der Waals surface area contributed by atoms with Gasteiger partial charge in [0.25, 0.3) is 5.91 Å². The molecule has 1 fully saturated rings. The number of anilines is 1. The molecule has 0 unspecified atom stereocenters. The summed E-state index contributed by atoms with van der Waals surface area (Å²) in [5, 5.41) is 10.1. The molecular formula is C20H20N4O2. The third-order valence-electron chi connectivity index (χ3n) is 4.68. The maximum atomic E-state index is 12.5. The monoisotopic (exact) mass is 348 g/mol. The quantitative estimate of drug-likeness (QED) is 0.731. The van der Waals surface area contributed by atoms with Gasteiger partial charge in [-0.25, -0.2) is 0 Å². The average Bonchev–Trinajstić information content (AvgIpc) is 3.00. The Morgan fingerprint density at radius 3 is 2.54 bits per heavy atom. The lowest BCUT2D eigenvalue weighted by atomic mass is 9.96. The molecule has 6 nitrogen and oxygen atoms in total. The number of H-pyrrole nitrogens is 1. The van der Waals surface area contributed by atoms with Crippen LogP contribution in [0.4, 0.5) is 5.82 Å². The fraction of sp³-hybridized carbons (Fsp3) is 0.250. The molecule has 6 heteroatoms. The summed E-state index contributed by atoms with van der Waals surface area (Å²) in [5.41, 5.74) is 3.29. The zero-order valence-electron chi connectivity index (χ0n) is 14.5. The molecule has 0 bridgehead atoms. The number of hydrogen-bond donors (Lipinski definition) is 2. The lowest BCUT2D eigenvalue weighted by Gasteiger charge is -2.26. The van der Waals surface area contributed by atoms with E-state index in [0.717, 1.165) is 35.4 Å². The second-order valence-electron chi connectivity index (χ2n) is 6.46. The van der Waals surface area contributed by atoms with Crippen LogP contribution < -0.4 is 10.1 Å². The SMILES string of the molecule is Cc1c(NC(=O)c2ccc(OC3CCC3)cc2)n[nH]c1-c1ccncc1. The van der Waals surface area contributed by atoms with E-state index >= 15 is 0 Å². The molecule has 0 spiro atoms. The van der Waals surface area contributed by atoms with Gasteiger partial charge in [-0.15, -0.1) is 0 Å². The molecule has 132 valence electrons. The van der Waals surface area contributed by atoms with E-state index in [1.54, 1.807) is 24.5 Å². The van der Waals surface area contributed by atoms with Crippen LogP contribution in [0.15, 0.2) is 48.8 Å². The fourth-order valence-electron chi connectivity index (χ4n) is 2.86. The van der Waals surface area contributed by atoms with Gasteiger partial charge < -0.3 is 10.1 Å². The third kappa shape index (κ3) is 3.31. The second-order valence-corrected chi connectivity index (χ2v) is 6.46. The van der Waals surface area contributed by atoms with Gasteiger partial charge in [-0.2, -0.15) is 5.10 Å². The van der Waals surface area contributed by atoms with Crippen molar-refractivity contribution >= 4 is 11.7 Å². The lowest BCUT2D eigenvalue weighted by Crippen LogP contribution is -2.24. The van der Waals surface area contributed by atoms with Gasteiger partial charge in [0.15, 0.2) is 5.82 Å². The highest BCUT2D eigenvalue weighted by Gasteiger charge is 2.19. The van der Waals surface area contributed by atoms with Crippen LogP contribution in [0.25, 0.3) is 11.3 Å². The summed E-state index contributed by atoms with van der Waals surface area (Å²) < 4.78 is 5.82.